The molecule has 1 amide bonds. The van der Waals surface area contributed by atoms with Crippen LogP contribution < -0.4 is 5.32 Å². The second kappa shape index (κ2) is 10.1. The maximum Gasteiger partial charge on any atom is 0.410 e. The van der Waals surface area contributed by atoms with E-state index in [1.807, 2.05) is 54.6 Å². The number of methoxy groups -OCH3 is 1. The first-order valence-corrected chi connectivity index (χ1v) is 11.7. The van der Waals surface area contributed by atoms with Gasteiger partial charge in [0.1, 0.15) is 14.4 Å². The van der Waals surface area contributed by atoms with E-state index >= 15 is 0 Å². The van der Waals surface area contributed by atoms with Crippen molar-refractivity contribution >= 4 is 19.9 Å². The second-order valence-electron chi connectivity index (χ2n) is 7.81. The molecule has 1 fully saturated rings. The molecule has 0 aromatic heterocycles. The summed E-state index contributed by atoms with van der Waals surface area (Å²) >= 11 is 0. The number of carboxylic acids is 1. The van der Waals surface area contributed by atoms with Gasteiger partial charge in [0, 0.05) is 12.8 Å². The van der Waals surface area contributed by atoms with E-state index < -0.39 is 36.9 Å². The molecule has 7 nitrogen and oxygen atoms in total. The molecule has 0 heterocycles. The van der Waals surface area contributed by atoms with Crippen molar-refractivity contribution in [3.05, 3.63) is 60.2 Å². The minimum Gasteiger partial charge on any atom is -0.481 e. The van der Waals surface area contributed by atoms with Crippen LogP contribution in [0.15, 0.2) is 54.6 Å². The Kier molecular flexibility index (Phi) is 7.52. The standard InChI is InChI=1S/C23H28NO6P/c1-23(29-2,31(28)20-14-8-13-19(20)21(25)26)24-22(27)30-15-17-11-6-7-12-18(17)16-9-4-3-5-10-16/h3-7,9-12,19-20,31H,8,13-15H2,1-2H3,(H,24,27)(H,25,26). The monoisotopic (exact) mass is 445 g/mol. The van der Waals surface area contributed by atoms with E-state index in [2.05, 4.69) is 5.32 Å². The zero-order valence-corrected chi connectivity index (χ0v) is 18.7. The van der Waals surface area contributed by atoms with Gasteiger partial charge in [-0.3, -0.25) is 10.1 Å². The lowest BCUT2D eigenvalue weighted by Crippen LogP contribution is -2.46. The van der Waals surface area contributed by atoms with Crippen LogP contribution in [0.1, 0.15) is 31.7 Å². The van der Waals surface area contributed by atoms with Crippen LogP contribution in [0.4, 0.5) is 4.79 Å². The van der Waals surface area contributed by atoms with Crippen molar-refractivity contribution in [2.45, 2.75) is 43.9 Å². The van der Waals surface area contributed by atoms with Crippen molar-refractivity contribution in [2.75, 3.05) is 7.11 Å². The highest BCUT2D eigenvalue weighted by molar-refractivity contribution is 7.47. The third-order valence-corrected chi connectivity index (χ3v) is 8.48. The Labute approximate surface area is 182 Å². The van der Waals surface area contributed by atoms with Gasteiger partial charge in [-0.1, -0.05) is 61.0 Å². The molecule has 4 atom stereocenters. The summed E-state index contributed by atoms with van der Waals surface area (Å²) < 4.78 is 24.0. The minimum atomic E-state index is -2.64. The van der Waals surface area contributed by atoms with Crippen LogP contribution in [0.3, 0.4) is 0 Å². The summed E-state index contributed by atoms with van der Waals surface area (Å²) in [6.07, 6.45) is 0.945. The number of nitrogens with one attached hydrogen (secondary N) is 1. The summed E-state index contributed by atoms with van der Waals surface area (Å²) in [4.78, 5) is 24.0. The summed E-state index contributed by atoms with van der Waals surface area (Å²) in [5, 5.41) is 12.0. The van der Waals surface area contributed by atoms with Crippen molar-refractivity contribution in [3.8, 4) is 11.1 Å². The first kappa shape index (κ1) is 23.0. The van der Waals surface area contributed by atoms with Crippen molar-refractivity contribution in [3.63, 3.8) is 0 Å². The van der Waals surface area contributed by atoms with Gasteiger partial charge in [-0.05, 0) is 36.5 Å². The van der Waals surface area contributed by atoms with Crippen molar-refractivity contribution < 1.29 is 28.7 Å². The number of amides is 1. The average Bonchev–Trinajstić information content (AvgIpc) is 3.28. The van der Waals surface area contributed by atoms with Crippen LogP contribution >= 0.6 is 7.80 Å². The van der Waals surface area contributed by atoms with E-state index in [-0.39, 0.29) is 6.61 Å². The Balaban J connectivity index is 1.67. The number of carbonyl (C=O) groups is 2. The fourth-order valence-corrected chi connectivity index (χ4v) is 6.33. The lowest BCUT2D eigenvalue weighted by Gasteiger charge is -2.32. The molecule has 0 saturated heterocycles. The number of carbonyl (C=O) groups excluding carboxylic acids is 1. The van der Waals surface area contributed by atoms with Gasteiger partial charge >= 0.3 is 12.1 Å². The summed E-state index contributed by atoms with van der Waals surface area (Å²) in [5.41, 5.74) is 0.789. The van der Waals surface area contributed by atoms with Crippen LogP contribution in [0.25, 0.3) is 11.1 Å². The maximum absolute atomic E-state index is 13.2. The molecular weight excluding hydrogens is 417 g/mol. The molecule has 0 aliphatic heterocycles. The van der Waals surface area contributed by atoms with Gasteiger partial charge in [0.2, 0.25) is 0 Å². The smallest absolute Gasteiger partial charge is 0.410 e. The van der Waals surface area contributed by atoms with Crippen molar-refractivity contribution in [1.82, 2.24) is 5.32 Å². The van der Waals surface area contributed by atoms with Gasteiger partial charge in [-0.25, -0.2) is 4.79 Å². The molecule has 166 valence electrons. The van der Waals surface area contributed by atoms with Crippen molar-refractivity contribution in [1.29, 1.82) is 0 Å². The van der Waals surface area contributed by atoms with Gasteiger partial charge in [0.25, 0.3) is 0 Å². The average molecular weight is 445 g/mol. The largest absolute Gasteiger partial charge is 0.481 e. The van der Waals surface area contributed by atoms with E-state index in [4.69, 9.17) is 9.47 Å². The Morgan fingerprint density at radius 2 is 1.81 bits per heavy atom. The lowest BCUT2D eigenvalue weighted by molar-refractivity contribution is -0.141. The molecule has 1 saturated carbocycles. The van der Waals surface area contributed by atoms with E-state index in [1.165, 1.54) is 14.0 Å². The van der Waals surface area contributed by atoms with Crippen LogP contribution in [-0.4, -0.2) is 35.4 Å². The molecule has 4 unspecified atom stereocenters. The molecular formula is C23H28NO6P. The summed E-state index contributed by atoms with van der Waals surface area (Å²) in [6, 6.07) is 17.4. The first-order valence-electron chi connectivity index (χ1n) is 10.3. The highest BCUT2D eigenvalue weighted by atomic mass is 31.1. The Morgan fingerprint density at radius 3 is 2.48 bits per heavy atom. The SMILES string of the molecule is COC(C)(NC(=O)OCc1ccccc1-c1ccccc1)[PH](=O)C1CCCC1C(=O)O. The Hall–Kier alpha value is -2.63. The molecule has 1 aliphatic carbocycles. The number of alkyl carbamates (subject to hydrolysis) is 1. The molecule has 31 heavy (non-hydrogen) atoms. The third-order valence-electron chi connectivity index (χ3n) is 5.85. The number of rotatable bonds is 8. The Bertz CT molecular complexity index is 950. The number of ether oxygens (including phenoxy) is 2. The highest BCUT2D eigenvalue weighted by Crippen LogP contribution is 2.51. The predicted octanol–water partition coefficient (Wildman–Crippen LogP) is 4.71. The molecule has 0 radical (unpaired) electrons. The molecule has 3 rings (SSSR count). The van der Waals surface area contributed by atoms with Crippen LogP contribution in [-0.2, 0) is 25.4 Å². The number of aliphatic carboxylic acids is 1. The van der Waals surface area contributed by atoms with Gasteiger partial charge in [-0.2, -0.15) is 0 Å². The van der Waals surface area contributed by atoms with Gasteiger partial charge < -0.3 is 19.1 Å². The zero-order valence-electron chi connectivity index (χ0n) is 17.7. The normalized spacial score (nSPS) is 21.1. The Morgan fingerprint density at radius 1 is 1.13 bits per heavy atom. The molecule has 1 aliphatic rings. The van der Waals surface area contributed by atoms with E-state index in [0.29, 0.717) is 19.3 Å². The minimum absolute atomic E-state index is 0.0266. The lowest BCUT2D eigenvalue weighted by atomic mass is 10.0. The highest BCUT2D eigenvalue weighted by Gasteiger charge is 2.45. The third kappa shape index (κ3) is 5.35. The number of carboxylic acid groups (broad SMARTS) is 1. The van der Waals surface area contributed by atoms with Crippen LogP contribution in [0, 0.1) is 5.92 Å². The maximum atomic E-state index is 13.2. The van der Waals surface area contributed by atoms with Gasteiger partial charge in [0.15, 0.2) is 5.47 Å². The van der Waals surface area contributed by atoms with Crippen LogP contribution in [0.2, 0.25) is 0 Å². The molecule has 0 spiro atoms. The molecule has 8 heteroatoms. The molecule has 0 bridgehead atoms. The van der Waals surface area contributed by atoms with Gasteiger partial charge in [-0.15, -0.1) is 0 Å². The second-order valence-corrected chi connectivity index (χ2v) is 10.2. The predicted molar refractivity (Wildman–Crippen MR) is 118 cm³/mol. The van der Waals surface area contributed by atoms with Crippen molar-refractivity contribution in [2.24, 2.45) is 5.92 Å². The number of hydrogen-bond acceptors (Lipinski definition) is 5. The summed E-state index contributed by atoms with van der Waals surface area (Å²) in [6.45, 7) is 1.53. The first-order chi connectivity index (χ1) is 14.9. The van der Waals surface area contributed by atoms with E-state index in [1.54, 1.807) is 0 Å². The molecule has 2 aromatic rings. The van der Waals surface area contributed by atoms with Gasteiger partial charge in [0.05, 0.1) is 5.92 Å². The van der Waals surface area contributed by atoms with Crippen LogP contribution in [0.5, 0.6) is 0 Å². The molecule has 2 N–H and O–H groups in total. The summed E-state index contributed by atoms with van der Waals surface area (Å²) in [7, 11) is -1.30. The zero-order chi connectivity index (χ0) is 22.4. The number of hydrogen-bond donors (Lipinski definition) is 2. The fourth-order valence-electron chi connectivity index (χ4n) is 4.06. The quantitative estimate of drug-likeness (QED) is 0.451. The fraction of sp³-hybridized carbons (Fsp3) is 0.391. The summed E-state index contributed by atoms with van der Waals surface area (Å²) in [5.74, 6) is -1.64. The molecule has 2 aromatic carbocycles. The topological polar surface area (TPSA) is 102 Å². The number of benzene rings is 2. The van der Waals surface area contributed by atoms with E-state index in [0.717, 1.165) is 16.7 Å². The van der Waals surface area contributed by atoms with E-state index in [9.17, 15) is 19.3 Å².